The van der Waals surface area contributed by atoms with Gasteiger partial charge in [-0.2, -0.15) is 0 Å². The Hall–Kier alpha value is -9.32. The molecule has 2 aliphatic heterocycles. The van der Waals surface area contributed by atoms with Crippen LogP contribution < -0.4 is 28.9 Å². The minimum absolute atomic E-state index is 0. The quantitative estimate of drug-likeness (QED) is 0.0655. The van der Waals surface area contributed by atoms with Crippen molar-refractivity contribution < 1.29 is 57.6 Å². The van der Waals surface area contributed by atoms with Crippen LogP contribution in [0.3, 0.4) is 0 Å². The molecular formula is C82H86N4O8Zn. The fourth-order valence-corrected chi connectivity index (χ4v) is 11.7. The van der Waals surface area contributed by atoms with E-state index in [1.807, 2.05) is 213 Å². The minimum atomic E-state index is -0.472. The molecule has 13 heteroatoms. The summed E-state index contributed by atoms with van der Waals surface area (Å²) in [6.07, 6.45) is 0. The van der Waals surface area contributed by atoms with E-state index < -0.39 is 23.9 Å². The molecule has 0 saturated heterocycles. The van der Waals surface area contributed by atoms with Crippen molar-refractivity contribution >= 4 is 46.4 Å². The van der Waals surface area contributed by atoms with E-state index in [4.69, 9.17) is 38.9 Å². The molecule has 0 aliphatic carbocycles. The molecule has 484 valence electrons. The Morgan fingerprint density at radius 1 is 0.337 bits per heavy atom. The van der Waals surface area contributed by atoms with E-state index in [0.717, 1.165) is 44.5 Å². The topological polar surface area (TPSA) is 158 Å². The number of nitrogens with zero attached hydrogens (tertiary/aromatic N) is 4. The van der Waals surface area contributed by atoms with E-state index in [9.17, 15) is 19.2 Å². The Morgan fingerprint density at radius 2 is 0.579 bits per heavy atom. The first-order chi connectivity index (χ1) is 44.1. The fourth-order valence-electron chi connectivity index (χ4n) is 11.7. The van der Waals surface area contributed by atoms with Gasteiger partial charge in [0, 0.05) is 11.1 Å². The molecule has 2 aliphatic rings. The smallest absolute Gasteiger partial charge is 0.660 e. The first-order valence-corrected chi connectivity index (χ1v) is 31.8. The monoisotopic (exact) mass is 1320 g/mol. The standard InChI is InChI=1S/2C41H44N2O4.Zn/c2*1-24-33(38(44)46-31-20-16-29(17-21-31)40(5,6)7)26(3)42-36(24)35(28-14-12-11-13-15-28)37-25(2)34(27(4)43-37)39(45)47-32-22-18-30(19-23-32)41(8,9)10;/h2*11-23H,1-10H3,(H,42,43,44,45);/q;;+2/p-2. The van der Waals surface area contributed by atoms with Crippen molar-refractivity contribution in [1.82, 2.24) is 9.97 Å². The number of hydrogen-bond donors (Lipinski definition) is 0. The van der Waals surface area contributed by atoms with Crippen LogP contribution in [0.15, 0.2) is 201 Å². The zero-order valence-corrected chi connectivity index (χ0v) is 61.7. The number of ether oxygens (including phenoxy) is 4. The van der Waals surface area contributed by atoms with Crippen molar-refractivity contribution in [3.8, 4) is 23.0 Å². The summed E-state index contributed by atoms with van der Waals surface area (Å²) in [5, 5.41) is 0. The summed E-state index contributed by atoms with van der Waals surface area (Å²) in [5.74, 6) is -0.0112. The van der Waals surface area contributed by atoms with Gasteiger partial charge in [0.15, 0.2) is 0 Å². The number of benzene rings is 6. The number of esters is 4. The first kappa shape index (κ1) is 71.5. The van der Waals surface area contributed by atoms with Gasteiger partial charge in [0.05, 0.1) is 34.0 Å². The number of rotatable bonds is 12. The zero-order chi connectivity index (χ0) is 68.5. The maximum Gasteiger partial charge on any atom is 2.00 e. The first-order valence-electron chi connectivity index (χ1n) is 31.8. The third-order valence-corrected chi connectivity index (χ3v) is 17.1. The fraction of sp³-hybridized carbons (Fsp3) is 0.293. The zero-order valence-electron chi connectivity index (χ0n) is 58.8. The number of carbonyl (C=O) groups is 4. The van der Waals surface area contributed by atoms with Gasteiger partial charge < -0.3 is 28.9 Å². The van der Waals surface area contributed by atoms with E-state index in [1.54, 1.807) is 0 Å². The second kappa shape index (κ2) is 28.3. The molecule has 95 heavy (non-hydrogen) atoms. The molecule has 0 bridgehead atoms. The molecule has 0 radical (unpaired) electrons. The summed E-state index contributed by atoms with van der Waals surface area (Å²) in [7, 11) is 0. The molecule has 0 saturated carbocycles. The summed E-state index contributed by atoms with van der Waals surface area (Å²) in [6, 6.07) is 50.0. The van der Waals surface area contributed by atoms with Crippen LogP contribution in [0.2, 0.25) is 0 Å². The van der Waals surface area contributed by atoms with Gasteiger partial charge in [-0.3, -0.25) is 9.98 Å². The predicted octanol–water partition coefficient (Wildman–Crippen LogP) is 18.5. The summed E-state index contributed by atoms with van der Waals surface area (Å²) in [5.41, 5.74) is 16.8. The van der Waals surface area contributed by atoms with E-state index in [2.05, 4.69) is 83.1 Å². The van der Waals surface area contributed by atoms with E-state index in [-0.39, 0.29) is 41.1 Å². The van der Waals surface area contributed by atoms with Crippen LogP contribution in [0.25, 0.3) is 11.1 Å². The summed E-state index contributed by atoms with van der Waals surface area (Å²) in [6.45, 7) is 40.4. The average Bonchev–Trinajstić information content (AvgIpc) is 1.62. The van der Waals surface area contributed by atoms with Gasteiger partial charge in [-0.15, -0.1) is 22.8 Å². The molecule has 8 aromatic rings. The second-order valence-electron chi connectivity index (χ2n) is 28.3. The summed E-state index contributed by atoms with van der Waals surface area (Å²) >= 11 is 0. The molecular weight excluding hydrogens is 1230 g/mol. The van der Waals surface area contributed by atoms with Crippen LogP contribution in [0.5, 0.6) is 23.0 Å². The van der Waals surface area contributed by atoms with Crippen molar-refractivity contribution in [3.63, 3.8) is 0 Å². The average molecular weight is 1320 g/mol. The molecule has 0 spiro atoms. The second-order valence-corrected chi connectivity index (χ2v) is 28.3. The molecule has 12 nitrogen and oxygen atoms in total. The van der Waals surface area contributed by atoms with Crippen LogP contribution in [0, 0.1) is 27.7 Å². The SMILES string of the molecule is CC1=N/C(=C(/c2ccccc2)c2[n-]c(C)c(C(=O)Oc3ccc(C(C)(C)C)cc3)c2C)C(C)=C1C(=O)Oc1ccc(C(C)(C)C)cc1.CC1=N/C(=C(/c2ccccc2)c2[n-]c(C)c(C(=O)Oc3ccc(C(C)(C)C)cc3)c2C)C(C)=C1C(=O)Oc1ccc(C(C)(C)C)cc1.[Zn+2]. The van der Waals surface area contributed by atoms with Crippen molar-refractivity contribution in [3.05, 3.63) is 270 Å². The Morgan fingerprint density at radius 3 is 0.821 bits per heavy atom. The number of aryl methyl sites for hydroxylation is 2. The maximum absolute atomic E-state index is 13.6. The van der Waals surface area contributed by atoms with Gasteiger partial charge in [-0.05, 0) is 167 Å². The maximum atomic E-state index is 13.6. The van der Waals surface area contributed by atoms with Gasteiger partial charge in [-0.1, -0.05) is 217 Å². The molecule has 0 unspecified atom stereocenters. The van der Waals surface area contributed by atoms with E-state index in [1.165, 1.54) is 0 Å². The molecule has 0 atom stereocenters. The Bertz CT molecular complexity index is 4140. The van der Waals surface area contributed by atoms with Crippen molar-refractivity contribution in [2.45, 2.75) is 160 Å². The van der Waals surface area contributed by atoms with E-state index >= 15 is 0 Å². The molecule has 0 amide bonds. The van der Waals surface area contributed by atoms with Gasteiger partial charge in [0.25, 0.3) is 0 Å². The van der Waals surface area contributed by atoms with Gasteiger partial charge in [0.1, 0.15) is 23.0 Å². The third-order valence-electron chi connectivity index (χ3n) is 17.1. The van der Waals surface area contributed by atoms with Crippen molar-refractivity contribution in [1.29, 1.82) is 0 Å². The Balaban J connectivity index is 0.000000241. The Labute approximate surface area is 573 Å². The van der Waals surface area contributed by atoms with Crippen LogP contribution in [0.4, 0.5) is 0 Å². The summed E-state index contributed by atoms with van der Waals surface area (Å²) < 4.78 is 23.3. The number of allylic oxidation sites excluding steroid dienone is 2. The number of carbonyl (C=O) groups excluding carboxylic acids is 4. The third kappa shape index (κ3) is 15.9. The number of aliphatic imine (C=N–C) groups is 2. The van der Waals surface area contributed by atoms with Crippen LogP contribution in [-0.2, 0) is 50.7 Å². The Kier molecular flexibility index (Phi) is 21.3. The molecule has 0 N–H and O–H groups in total. The molecule has 10 rings (SSSR count). The van der Waals surface area contributed by atoms with Crippen molar-refractivity contribution in [2.24, 2.45) is 9.98 Å². The van der Waals surface area contributed by atoms with Crippen LogP contribution >= 0.6 is 0 Å². The van der Waals surface area contributed by atoms with Gasteiger partial charge in [-0.25, -0.2) is 19.2 Å². The minimum Gasteiger partial charge on any atom is -0.660 e. The summed E-state index contributed by atoms with van der Waals surface area (Å²) in [4.78, 5) is 73.8. The van der Waals surface area contributed by atoms with Gasteiger partial charge >= 0.3 is 43.4 Å². The molecule has 4 heterocycles. The van der Waals surface area contributed by atoms with E-state index in [0.29, 0.717) is 113 Å². The van der Waals surface area contributed by atoms with Gasteiger partial charge in [0.2, 0.25) is 0 Å². The van der Waals surface area contributed by atoms with Crippen LogP contribution in [0.1, 0.15) is 199 Å². The number of hydrogen-bond acceptors (Lipinski definition) is 10. The number of aromatic nitrogens is 2. The normalized spacial score (nSPS) is 14.5. The molecule has 2 aromatic heterocycles. The van der Waals surface area contributed by atoms with Crippen LogP contribution in [-0.4, -0.2) is 35.3 Å². The largest absolute Gasteiger partial charge is 2.00 e. The molecule has 0 fully saturated rings. The molecule has 6 aromatic carbocycles. The van der Waals surface area contributed by atoms with Crippen molar-refractivity contribution in [2.75, 3.05) is 0 Å². The predicted molar refractivity (Wildman–Crippen MR) is 377 cm³/mol.